The van der Waals surface area contributed by atoms with E-state index in [1.165, 1.54) is 0 Å². The first-order valence-electron chi connectivity index (χ1n) is 9.05. The third-order valence-corrected chi connectivity index (χ3v) is 8.24. The maximum Gasteiger partial charge on any atom is 0.218 e. The first-order valence-corrected chi connectivity index (χ1v) is 11.5. The van der Waals surface area contributed by atoms with E-state index in [-0.39, 0.29) is 5.75 Å². The minimum Gasteiger partial charge on any atom is -0.355 e. The van der Waals surface area contributed by atoms with Crippen molar-refractivity contribution in [2.75, 3.05) is 31.1 Å². The summed E-state index contributed by atoms with van der Waals surface area (Å²) in [6.45, 7) is 2.92. The van der Waals surface area contributed by atoms with E-state index in [0.29, 0.717) is 24.9 Å². The van der Waals surface area contributed by atoms with Crippen LogP contribution in [0.1, 0.15) is 5.56 Å². The van der Waals surface area contributed by atoms with Crippen LogP contribution < -0.4 is 4.90 Å². The third kappa shape index (κ3) is 3.11. The van der Waals surface area contributed by atoms with Gasteiger partial charge in [-0.05, 0) is 28.8 Å². The van der Waals surface area contributed by atoms with Gasteiger partial charge in [0.1, 0.15) is 12.1 Å². The van der Waals surface area contributed by atoms with Gasteiger partial charge in [-0.3, -0.25) is 0 Å². The Balaban J connectivity index is 1.30. The fraction of sp³-hybridized carbons (Fsp3) is 0.368. The van der Waals surface area contributed by atoms with Gasteiger partial charge in [-0.1, -0.05) is 30.3 Å². The summed E-state index contributed by atoms with van der Waals surface area (Å²) in [7, 11) is -3.27. The van der Waals surface area contributed by atoms with Crippen LogP contribution in [0, 0.1) is 11.8 Å². The van der Waals surface area contributed by atoms with Crippen molar-refractivity contribution in [1.29, 1.82) is 0 Å². The average molecular weight is 401 g/mol. The van der Waals surface area contributed by atoms with E-state index in [0.717, 1.165) is 34.7 Å². The summed E-state index contributed by atoms with van der Waals surface area (Å²) in [6.07, 6.45) is 1.62. The Morgan fingerprint density at radius 2 is 1.74 bits per heavy atom. The maximum atomic E-state index is 12.8. The topological polar surface area (TPSA) is 66.4 Å². The molecule has 6 nitrogen and oxygen atoms in total. The SMILES string of the molecule is O=S(=O)(Cc1ccccc1)N1CC2CN(c3ncnc4ccsc34)CC2C1. The number of fused-ring (bicyclic) bond motifs is 2. The molecule has 0 aliphatic carbocycles. The molecule has 0 bridgehead atoms. The molecule has 2 unspecified atom stereocenters. The number of benzene rings is 1. The van der Waals surface area contributed by atoms with Crippen LogP contribution in [0.5, 0.6) is 0 Å². The van der Waals surface area contributed by atoms with Gasteiger partial charge in [0.2, 0.25) is 10.0 Å². The number of nitrogens with zero attached hydrogens (tertiary/aromatic N) is 4. The maximum absolute atomic E-state index is 12.8. The van der Waals surface area contributed by atoms with E-state index in [9.17, 15) is 8.42 Å². The molecule has 0 saturated carbocycles. The minimum absolute atomic E-state index is 0.0821. The van der Waals surface area contributed by atoms with Crippen molar-refractivity contribution in [3.63, 3.8) is 0 Å². The van der Waals surface area contributed by atoms with E-state index in [4.69, 9.17) is 0 Å². The highest BCUT2D eigenvalue weighted by Gasteiger charge is 2.44. The zero-order valence-corrected chi connectivity index (χ0v) is 16.4. The van der Waals surface area contributed by atoms with Crippen molar-refractivity contribution < 1.29 is 8.42 Å². The van der Waals surface area contributed by atoms with Crippen LogP contribution >= 0.6 is 11.3 Å². The molecular weight excluding hydrogens is 380 g/mol. The molecular formula is C19H20N4O2S2. The van der Waals surface area contributed by atoms with Gasteiger partial charge in [0, 0.05) is 26.2 Å². The van der Waals surface area contributed by atoms with Gasteiger partial charge in [0.15, 0.2) is 0 Å². The Bertz CT molecular complexity index is 1050. The molecule has 0 spiro atoms. The third-order valence-electron chi connectivity index (χ3n) is 5.56. The van der Waals surface area contributed by atoms with Crippen molar-refractivity contribution in [3.8, 4) is 0 Å². The van der Waals surface area contributed by atoms with Gasteiger partial charge in [-0.25, -0.2) is 22.7 Å². The molecule has 5 rings (SSSR count). The smallest absolute Gasteiger partial charge is 0.218 e. The highest BCUT2D eigenvalue weighted by molar-refractivity contribution is 7.88. The lowest BCUT2D eigenvalue weighted by Gasteiger charge is -2.22. The molecule has 2 saturated heterocycles. The van der Waals surface area contributed by atoms with Crippen molar-refractivity contribution in [2.24, 2.45) is 11.8 Å². The zero-order chi connectivity index (χ0) is 18.4. The second-order valence-corrected chi connectivity index (χ2v) is 10.2. The highest BCUT2D eigenvalue weighted by atomic mass is 32.2. The molecule has 2 fully saturated rings. The van der Waals surface area contributed by atoms with E-state index in [2.05, 4.69) is 14.9 Å². The van der Waals surface area contributed by atoms with E-state index in [1.54, 1.807) is 22.0 Å². The van der Waals surface area contributed by atoms with Crippen LogP contribution in [0.3, 0.4) is 0 Å². The summed E-state index contributed by atoms with van der Waals surface area (Å²) in [5.41, 5.74) is 1.83. The molecule has 0 amide bonds. The number of anilines is 1. The largest absolute Gasteiger partial charge is 0.355 e. The summed E-state index contributed by atoms with van der Waals surface area (Å²) in [4.78, 5) is 11.1. The number of hydrogen-bond donors (Lipinski definition) is 0. The van der Waals surface area contributed by atoms with Crippen LogP contribution in [0.4, 0.5) is 5.82 Å². The van der Waals surface area contributed by atoms with Crippen molar-refractivity contribution in [3.05, 3.63) is 53.7 Å². The van der Waals surface area contributed by atoms with Crippen molar-refractivity contribution in [2.45, 2.75) is 5.75 Å². The lowest BCUT2D eigenvalue weighted by molar-refractivity contribution is 0.452. The van der Waals surface area contributed by atoms with Crippen molar-refractivity contribution >= 4 is 37.4 Å². The van der Waals surface area contributed by atoms with Crippen LogP contribution in [-0.4, -0.2) is 48.9 Å². The van der Waals surface area contributed by atoms with Crippen LogP contribution in [0.25, 0.3) is 10.2 Å². The van der Waals surface area contributed by atoms with Gasteiger partial charge in [-0.2, -0.15) is 0 Å². The number of aromatic nitrogens is 2. The fourth-order valence-corrected chi connectivity index (χ4v) is 6.72. The van der Waals surface area contributed by atoms with Crippen LogP contribution in [-0.2, 0) is 15.8 Å². The molecule has 2 aromatic heterocycles. The standard InChI is InChI=1S/C19H20N4O2S2/c24-27(25,12-14-4-2-1-3-5-14)23-10-15-8-22(9-16(15)11-23)19-18-17(6-7-26-18)20-13-21-19/h1-7,13,15-16H,8-12H2. The molecule has 2 atom stereocenters. The molecule has 140 valence electrons. The van der Waals surface area contributed by atoms with Crippen LogP contribution in [0.2, 0.25) is 0 Å². The average Bonchev–Trinajstić information content (AvgIpc) is 3.36. The molecule has 1 aromatic carbocycles. The molecule has 8 heteroatoms. The number of hydrogen-bond acceptors (Lipinski definition) is 6. The molecule has 27 heavy (non-hydrogen) atoms. The fourth-order valence-electron chi connectivity index (χ4n) is 4.23. The Hall–Kier alpha value is -2.03. The minimum atomic E-state index is -3.27. The highest BCUT2D eigenvalue weighted by Crippen LogP contribution is 2.37. The molecule has 3 aromatic rings. The lowest BCUT2D eigenvalue weighted by atomic mass is 10.0. The summed E-state index contributed by atoms with van der Waals surface area (Å²) >= 11 is 1.66. The van der Waals surface area contributed by atoms with Gasteiger partial charge in [0.25, 0.3) is 0 Å². The Kier molecular flexibility index (Phi) is 4.14. The van der Waals surface area contributed by atoms with Gasteiger partial charge >= 0.3 is 0 Å². The molecule has 2 aliphatic rings. The van der Waals surface area contributed by atoms with Gasteiger partial charge in [-0.15, -0.1) is 11.3 Å². The first kappa shape index (κ1) is 17.1. The van der Waals surface area contributed by atoms with E-state index < -0.39 is 10.0 Å². The number of thiophene rings is 1. The Morgan fingerprint density at radius 3 is 2.48 bits per heavy atom. The number of sulfonamides is 1. The van der Waals surface area contributed by atoms with E-state index >= 15 is 0 Å². The summed E-state index contributed by atoms with van der Waals surface area (Å²) in [5, 5.41) is 2.04. The van der Waals surface area contributed by atoms with E-state index in [1.807, 2.05) is 41.8 Å². The predicted molar refractivity (Wildman–Crippen MR) is 107 cm³/mol. The second kappa shape index (κ2) is 6.54. The van der Waals surface area contributed by atoms with Crippen LogP contribution in [0.15, 0.2) is 48.1 Å². The Labute approximate surface area is 162 Å². The summed E-state index contributed by atoms with van der Waals surface area (Å²) in [6, 6.07) is 11.4. The summed E-state index contributed by atoms with van der Waals surface area (Å²) < 4.78 is 28.4. The van der Waals surface area contributed by atoms with Crippen molar-refractivity contribution in [1.82, 2.24) is 14.3 Å². The molecule has 4 heterocycles. The molecule has 0 radical (unpaired) electrons. The predicted octanol–water partition coefficient (Wildman–Crippen LogP) is 2.59. The first-order chi connectivity index (χ1) is 13.1. The zero-order valence-electron chi connectivity index (χ0n) is 14.7. The Morgan fingerprint density at radius 1 is 1.00 bits per heavy atom. The quantitative estimate of drug-likeness (QED) is 0.673. The van der Waals surface area contributed by atoms with Gasteiger partial charge < -0.3 is 4.90 Å². The number of rotatable bonds is 4. The summed E-state index contributed by atoms with van der Waals surface area (Å²) in [5.74, 6) is 1.79. The molecule has 2 aliphatic heterocycles. The monoisotopic (exact) mass is 400 g/mol. The second-order valence-electron chi connectivity index (χ2n) is 7.32. The van der Waals surface area contributed by atoms with Gasteiger partial charge in [0.05, 0.1) is 16.0 Å². The molecule has 0 N–H and O–H groups in total. The normalized spacial score (nSPS) is 23.2. The lowest BCUT2D eigenvalue weighted by Crippen LogP contribution is -2.34.